The average Bonchev–Trinajstić information content (AvgIpc) is 3.23. The zero-order valence-corrected chi connectivity index (χ0v) is 40.2. The van der Waals surface area contributed by atoms with Gasteiger partial charge in [-0.1, -0.05) is 259 Å². The fraction of sp³-hybridized carbons (Fsp3) is 0.943. The number of carbonyl (C=O) groups is 3. The van der Waals surface area contributed by atoms with Crippen LogP contribution in [0.1, 0.15) is 297 Å². The number of hydrogen-bond donors (Lipinski definition) is 0. The lowest BCUT2D eigenvalue weighted by molar-refractivity contribution is -0.167. The van der Waals surface area contributed by atoms with Crippen LogP contribution < -0.4 is 0 Å². The molecular weight excluding hydrogens is 733 g/mol. The van der Waals surface area contributed by atoms with E-state index in [2.05, 4.69) is 27.7 Å². The van der Waals surface area contributed by atoms with Crippen molar-refractivity contribution in [1.29, 1.82) is 0 Å². The Bertz CT molecular complexity index is 889. The zero-order valence-electron chi connectivity index (χ0n) is 40.2. The highest BCUT2D eigenvalue weighted by atomic mass is 16.6. The molecular formula is C53H102O6. The molecule has 0 saturated heterocycles. The molecule has 0 N–H and O–H groups in total. The van der Waals surface area contributed by atoms with Crippen molar-refractivity contribution in [2.24, 2.45) is 5.92 Å². The molecule has 0 aliphatic carbocycles. The third kappa shape index (κ3) is 45.8. The van der Waals surface area contributed by atoms with Crippen LogP contribution in [-0.4, -0.2) is 37.2 Å². The fourth-order valence-electron chi connectivity index (χ4n) is 8.01. The molecule has 0 aromatic rings. The summed E-state index contributed by atoms with van der Waals surface area (Å²) in [7, 11) is 0. The summed E-state index contributed by atoms with van der Waals surface area (Å²) in [5.41, 5.74) is 0. The van der Waals surface area contributed by atoms with Gasteiger partial charge in [0.15, 0.2) is 6.10 Å². The molecule has 0 aliphatic heterocycles. The number of carbonyl (C=O) groups excluding carboxylic acids is 3. The van der Waals surface area contributed by atoms with Crippen LogP contribution in [-0.2, 0) is 28.6 Å². The molecule has 350 valence electrons. The van der Waals surface area contributed by atoms with Crippen LogP contribution in [0.3, 0.4) is 0 Å². The first-order valence-corrected chi connectivity index (χ1v) is 26.4. The lowest BCUT2D eigenvalue weighted by Gasteiger charge is -2.18. The van der Waals surface area contributed by atoms with Crippen molar-refractivity contribution in [1.82, 2.24) is 0 Å². The van der Waals surface area contributed by atoms with E-state index in [4.69, 9.17) is 14.2 Å². The molecule has 6 heteroatoms. The van der Waals surface area contributed by atoms with Crippen molar-refractivity contribution in [2.75, 3.05) is 13.2 Å². The first-order valence-electron chi connectivity index (χ1n) is 26.4. The first kappa shape index (κ1) is 57.4. The quantitative estimate of drug-likeness (QED) is 0.0345. The van der Waals surface area contributed by atoms with Crippen LogP contribution in [0.2, 0.25) is 0 Å². The van der Waals surface area contributed by atoms with Crippen molar-refractivity contribution in [3.05, 3.63) is 0 Å². The van der Waals surface area contributed by atoms with Gasteiger partial charge >= 0.3 is 17.9 Å². The van der Waals surface area contributed by atoms with Crippen LogP contribution >= 0.6 is 0 Å². The predicted molar refractivity (Wildman–Crippen MR) is 252 cm³/mol. The van der Waals surface area contributed by atoms with Gasteiger partial charge in [-0.05, 0) is 25.2 Å². The van der Waals surface area contributed by atoms with E-state index in [1.165, 1.54) is 193 Å². The van der Waals surface area contributed by atoms with E-state index in [9.17, 15) is 14.4 Å². The summed E-state index contributed by atoms with van der Waals surface area (Å²) in [5.74, 6) is 0.0583. The average molecular weight is 835 g/mol. The van der Waals surface area contributed by atoms with Crippen LogP contribution in [0, 0.1) is 5.92 Å². The van der Waals surface area contributed by atoms with Gasteiger partial charge in [-0.15, -0.1) is 0 Å². The molecule has 0 fully saturated rings. The molecule has 2 atom stereocenters. The predicted octanol–water partition coefficient (Wildman–Crippen LogP) is 17.1. The van der Waals surface area contributed by atoms with Crippen LogP contribution in [0.25, 0.3) is 0 Å². The summed E-state index contributed by atoms with van der Waals surface area (Å²) >= 11 is 0. The summed E-state index contributed by atoms with van der Waals surface area (Å²) in [5, 5.41) is 0. The number of ether oxygens (including phenoxy) is 3. The molecule has 0 bridgehead atoms. The Kier molecular flexibility index (Phi) is 46.2. The summed E-state index contributed by atoms with van der Waals surface area (Å²) < 4.78 is 16.7. The number of unbranched alkanes of at least 4 members (excludes halogenated alkanes) is 34. The SMILES string of the molecule is CCCCCCCCCCCCCCC(=O)OC[C@@H](COC(=O)CCCCCCCCCCCCCCCCCCCCC(C)CC)OC(=O)CCCCCCCCC. The lowest BCUT2D eigenvalue weighted by atomic mass is 9.99. The maximum atomic E-state index is 12.7. The minimum atomic E-state index is -0.758. The number of hydrogen-bond acceptors (Lipinski definition) is 6. The van der Waals surface area contributed by atoms with Crippen molar-refractivity contribution in [2.45, 2.75) is 303 Å². The Balaban J connectivity index is 4.08. The summed E-state index contributed by atoms with van der Waals surface area (Å²) in [4.78, 5) is 37.7. The smallest absolute Gasteiger partial charge is 0.306 e. The summed E-state index contributed by atoms with van der Waals surface area (Å²) in [6.45, 7) is 9.04. The third-order valence-electron chi connectivity index (χ3n) is 12.4. The Morgan fingerprint density at radius 3 is 0.881 bits per heavy atom. The number of esters is 3. The molecule has 1 unspecified atom stereocenters. The van der Waals surface area contributed by atoms with Crippen LogP contribution in [0.4, 0.5) is 0 Å². The van der Waals surface area contributed by atoms with Crippen molar-refractivity contribution < 1.29 is 28.6 Å². The Morgan fingerprint density at radius 2 is 0.593 bits per heavy atom. The lowest BCUT2D eigenvalue weighted by Crippen LogP contribution is -2.30. The van der Waals surface area contributed by atoms with Gasteiger partial charge < -0.3 is 14.2 Å². The van der Waals surface area contributed by atoms with Gasteiger partial charge in [0, 0.05) is 19.3 Å². The first-order chi connectivity index (χ1) is 28.9. The van der Waals surface area contributed by atoms with Crippen molar-refractivity contribution in [3.8, 4) is 0 Å². The maximum absolute atomic E-state index is 12.7. The second-order valence-corrected chi connectivity index (χ2v) is 18.4. The minimum absolute atomic E-state index is 0.0633. The monoisotopic (exact) mass is 835 g/mol. The highest BCUT2D eigenvalue weighted by molar-refractivity contribution is 5.71. The minimum Gasteiger partial charge on any atom is -0.462 e. The van der Waals surface area contributed by atoms with Crippen LogP contribution in [0.15, 0.2) is 0 Å². The standard InChI is InChI=1S/C53H102O6/c1-5-8-10-12-14-15-16-26-29-33-36-40-44-51(54)57-47-50(59-53(56)46-42-38-31-13-11-9-6-2)48-58-52(55)45-41-37-34-30-27-24-22-20-18-17-19-21-23-25-28-32-35-39-43-49(4)7-3/h49-50H,5-48H2,1-4H3/t49?,50-/m0/s1. The third-order valence-corrected chi connectivity index (χ3v) is 12.4. The molecule has 0 aromatic heterocycles. The van der Waals surface area contributed by atoms with Gasteiger partial charge in [0.2, 0.25) is 0 Å². The molecule has 0 radical (unpaired) electrons. The highest BCUT2D eigenvalue weighted by Gasteiger charge is 2.19. The Morgan fingerprint density at radius 1 is 0.339 bits per heavy atom. The topological polar surface area (TPSA) is 78.9 Å². The molecule has 0 aliphatic rings. The van der Waals surface area contributed by atoms with Gasteiger partial charge in [-0.2, -0.15) is 0 Å². The molecule has 0 saturated carbocycles. The van der Waals surface area contributed by atoms with E-state index in [1.807, 2.05) is 0 Å². The van der Waals surface area contributed by atoms with Crippen molar-refractivity contribution >= 4 is 17.9 Å². The molecule has 0 rings (SSSR count). The van der Waals surface area contributed by atoms with E-state index < -0.39 is 6.10 Å². The molecule has 6 nitrogen and oxygen atoms in total. The molecule has 0 spiro atoms. The summed E-state index contributed by atoms with van der Waals surface area (Å²) in [6.07, 6.45) is 49.6. The van der Waals surface area contributed by atoms with E-state index in [-0.39, 0.29) is 31.1 Å². The van der Waals surface area contributed by atoms with E-state index in [0.717, 1.165) is 63.7 Å². The Labute approximate surface area is 368 Å². The van der Waals surface area contributed by atoms with E-state index >= 15 is 0 Å². The van der Waals surface area contributed by atoms with Gasteiger partial charge in [0.1, 0.15) is 13.2 Å². The second-order valence-electron chi connectivity index (χ2n) is 18.4. The molecule has 0 amide bonds. The van der Waals surface area contributed by atoms with Gasteiger partial charge in [0.25, 0.3) is 0 Å². The second kappa shape index (κ2) is 47.5. The Hall–Kier alpha value is -1.59. The normalized spacial score (nSPS) is 12.4. The number of rotatable bonds is 48. The largest absolute Gasteiger partial charge is 0.462 e. The summed E-state index contributed by atoms with van der Waals surface area (Å²) in [6, 6.07) is 0. The maximum Gasteiger partial charge on any atom is 0.306 e. The van der Waals surface area contributed by atoms with Crippen LogP contribution in [0.5, 0.6) is 0 Å². The van der Waals surface area contributed by atoms with Gasteiger partial charge in [-0.25, -0.2) is 0 Å². The van der Waals surface area contributed by atoms with Gasteiger partial charge in [0.05, 0.1) is 0 Å². The zero-order chi connectivity index (χ0) is 43.1. The fourth-order valence-corrected chi connectivity index (χ4v) is 8.01. The van der Waals surface area contributed by atoms with E-state index in [1.54, 1.807) is 0 Å². The molecule has 0 heterocycles. The molecule has 0 aromatic carbocycles. The molecule has 59 heavy (non-hydrogen) atoms. The van der Waals surface area contributed by atoms with E-state index in [0.29, 0.717) is 19.3 Å². The highest BCUT2D eigenvalue weighted by Crippen LogP contribution is 2.18. The van der Waals surface area contributed by atoms with Crippen molar-refractivity contribution in [3.63, 3.8) is 0 Å². The van der Waals surface area contributed by atoms with Gasteiger partial charge in [-0.3, -0.25) is 14.4 Å².